The normalized spacial score (nSPS) is 18.4. The van der Waals surface area contributed by atoms with Crippen LogP contribution in [-0.4, -0.2) is 50.8 Å². The van der Waals surface area contributed by atoms with E-state index in [-0.39, 0.29) is 11.9 Å². The summed E-state index contributed by atoms with van der Waals surface area (Å²) < 4.78 is 11.7. The van der Waals surface area contributed by atoms with Crippen LogP contribution in [-0.2, 0) is 19.1 Å². The van der Waals surface area contributed by atoms with E-state index in [1.54, 1.807) is 13.8 Å². The van der Waals surface area contributed by atoms with Gasteiger partial charge in [0.2, 0.25) is 0 Å². The molecule has 1 rings (SSSR count). The Kier molecular flexibility index (Phi) is 6.34. The van der Waals surface area contributed by atoms with Gasteiger partial charge < -0.3 is 0 Å². The van der Waals surface area contributed by atoms with E-state index in [9.17, 15) is 9.59 Å². The number of carbonyl (C=O) groups is 2. The van der Waals surface area contributed by atoms with Gasteiger partial charge in [0.25, 0.3) is 0 Å². The molecule has 0 unspecified atom stereocenters. The molecule has 1 fully saturated rings. The Labute approximate surface area is 123 Å². The standard InChI is InChI=1S/C13H20O4Se2/c1-10(2)12(14)16-7-19(6-5-18-9-19)8-17-13(15)11(3)4/h1,3,5-9H2,2,4H3. The first kappa shape index (κ1) is 16.5. The number of ether oxygens (including phenoxy) is 2. The van der Waals surface area contributed by atoms with Gasteiger partial charge in [-0.1, -0.05) is 0 Å². The van der Waals surface area contributed by atoms with Crippen molar-refractivity contribution in [1.29, 1.82) is 0 Å². The summed E-state index contributed by atoms with van der Waals surface area (Å²) in [4.78, 5) is 22.9. The summed E-state index contributed by atoms with van der Waals surface area (Å²) in [5, 5.41) is 2.28. The van der Waals surface area contributed by atoms with Crippen molar-refractivity contribution in [3.8, 4) is 0 Å². The van der Waals surface area contributed by atoms with Gasteiger partial charge >= 0.3 is 123 Å². The van der Waals surface area contributed by atoms with Gasteiger partial charge in [0, 0.05) is 0 Å². The molecule has 0 aliphatic carbocycles. The second kappa shape index (κ2) is 7.30. The molecule has 0 aromatic rings. The van der Waals surface area contributed by atoms with Crippen LogP contribution in [0.3, 0.4) is 0 Å². The first-order chi connectivity index (χ1) is 8.86. The predicted octanol–water partition coefficient (Wildman–Crippen LogP) is 1.85. The van der Waals surface area contributed by atoms with Gasteiger partial charge in [-0.3, -0.25) is 0 Å². The summed E-state index contributed by atoms with van der Waals surface area (Å²) in [6.45, 7) is 10.4. The second-order valence-corrected chi connectivity index (χ2v) is 16.4. The third kappa shape index (κ3) is 5.15. The van der Waals surface area contributed by atoms with Crippen LogP contribution >= 0.6 is 0 Å². The molecule has 6 heteroatoms. The molecular formula is C13H20O4Se2. The summed E-state index contributed by atoms with van der Waals surface area (Å²) in [5.41, 5.74) is 1.73. The van der Waals surface area contributed by atoms with Crippen LogP contribution in [0.2, 0.25) is 14.9 Å². The molecule has 0 bridgehead atoms. The minimum atomic E-state index is -1.99. The molecule has 19 heavy (non-hydrogen) atoms. The summed E-state index contributed by atoms with van der Waals surface area (Å²) in [7, 11) is 0. The van der Waals surface area contributed by atoms with Crippen molar-refractivity contribution in [3.63, 3.8) is 0 Å². The van der Waals surface area contributed by atoms with Crippen molar-refractivity contribution in [2.24, 2.45) is 0 Å². The average Bonchev–Trinajstić information content (AvgIpc) is 2.82. The van der Waals surface area contributed by atoms with E-state index in [0.717, 1.165) is 9.54 Å². The molecule has 0 spiro atoms. The van der Waals surface area contributed by atoms with Gasteiger partial charge in [-0.05, 0) is 0 Å². The van der Waals surface area contributed by atoms with Crippen LogP contribution in [0.1, 0.15) is 13.8 Å². The van der Waals surface area contributed by atoms with Gasteiger partial charge in [-0.15, -0.1) is 0 Å². The van der Waals surface area contributed by atoms with Crippen molar-refractivity contribution >= 4 is 39.7 Å². The molecule has 4 nitrogen and oxygen atoms in total. The predicted molar refractivity (Wildman–Crippen MR) is 77.5 cm³/mol. The number of rotatable bonds is 6. The topological polar surface area (TPSA) is 52.6 Å². The molecule has 0 atom stereocenters. The van der Waals surface area contributed by atoms with E-state index in [1.165, 1.54) is 5.32 Å². The number of carbonyl (C=O) groups excluding carboxylic acids is 2. The molecule has 0 aromatic heterocycles. The molecule has 0 amide bonds. The van der Waals surface area contributed by atoms with Gasteiger partial charge in [-0.2, -0.15) is 0 Å². The maximum atomic E-state index is 11.5. The fourth-order valence-electron chi connectivity index (χ4n) is 1.35. The molecule has 0 radical (unpaired) electrons. The maximum absolute atomic E-state index is 11.5. The van der Waals surface area contributed by atoms with E-state index in [0.29, 0.717) is 37.1 Å². The molecule has 1 saturated heterocycles. The van der Waals surface area contributed by atoms with E-state index >= 15 is 0 Å². The van der Waals surface area contributed by atoms with Crippen LogP contribution in [0.5, 0.6) is 0 Å². The van der Waals surface area contributed by atoms with Gasteiger partial charge in [0.15, 0.2) is 0 Å². The van der Waals surface area contributed by atoms with Crippen molar-refractivity contribution in [3.05, 3.63) is 24.3 Å². The Bertz CT molecular complexity index is 365. The van der Waals surface area contributed by atoms with Crippen LogP contribution in [0.15, 0.2) is 24.3 Å². The van der Waals surface area contributed by atoms with Crippen LogP contribution in [0, 0.1) is 0 Å². The monoisotopic (exact) mass is 400 g/mol. The molecule has 1 aliphatic rings. The van der Waals surface area contributed by atoms with Gasteiger partial charge in [0.05, 0.1) is 0 Å². The van der Waals surface area contributed by atoms with Crippen LogP contribution in [0.4, 0.5) is 0 Å². The molecule has 0 saturated carbocycles. The van der Waals surface area contributed by atoms with Crippen molar-refractivity contribution in [1.82, 2.24) is 0 Å². The third-order valence-corrected chi connectivity index (χ3v) is 18.4. The molecule has 1 aliphatic heterocycles. The zero-order valence-corrected chi connectivity index (χ0v) is 14.8. The summed E-state index contributed by atoms with van der Waals surface area (Å²) >= 11 is -1.38. The van der Waals surface area contributed by atoms with Gasteiger partial charge in [-0.25, -0.2) is 0 Å². The van der Waals surface area contributed by atoms with Crippen LogP contribution < -0.4 is 0 Å². The minimum absolute atomic E-state index is 0.345. The quantitative estimate of drug-likeness (QED) is 0.389. The molecule has 0 aromatic carbocycles. The number of esters is 2. The zero-order valence-electron chi connectivity index (χ0n) is 11.4. The number of hydrogen-bond donors (Lipinski definition) is 0. The fraction of sp³-hybridized carbons (Fsp3) is 0.538. The summed E-state index contributed by atoms with van der Waals surface area (Å²) in [6, 6.07) is 0. The first-order valence-electron chi connectivity index (χ1n) is 5.83. The number of hydrogen-bond acceptors (Lipinski definition) is 4. The van der Waals surface area contributed by atoms with Crippen molar-refractivity contribution < 1.29 is 19.1 Å². The molecule has 1 heterocycles. The van der Waals surface area contributed by atoms with Gasteiger partial charge in [0.1, 0.15) is 0 Å². The zero-order chi connectivity index (χ0) is 14.5. The Morgan fingerprint density at radius 1 is 1.11 bits per heavy atom. The Morgan fingerprint density at radius 2 is 1.58 bits per heavy atom. The average molecular weight is 398 g/mol. The Hall–Kier alpha value is -0.541. The summed E-state index contributed by atoms with van der Waals surface area (Å²) in [5.74, 6) is -0.690. The third-order valence-electron chi connectivity index (χ3n) is 2.57. The Balaban J connectivity index is 2.54. The van der Waals surface area contributed by atoms with Crippen molar-refractivity contribution in [2.45, 2.75) is 28.7 Å². The molecule has 0 N–H and O–H groups in total. The Morgan fingerprint density at radius 3 is 1.89 bits per heavy atom. The summed E-state index contributed by atoms with van der Waals surface area (Å²) in [6.07, 6.45) is 0. The molecular weight excluding hydrogens is 378 g/mol. The fourth-order valence-corrected chi connectivity index (χ4v) is 19.0. The van der Waals surface area contributed by atoms with E-state index in [4.69, 9.17) is 9.47 Å². The van der Waals surface area contributed by atoms with E-state index in [1.807, 2.05) is 0 Å². The SMILES string of the molecule is C=C(C)C(=O)OC[Se]1(COC(=O)C(=C)C)CC[Se]C1. The van der Waals surface area contributed by atoms with Crippen LogP contribution in [0.25, 0.3) is 0 Å². The van der Waals surface area contributed by atoms with E-state index in [2.05, 4.69) is 13.2 Å². The first-order valence-corrected chi connectivity index (χ1v) is 13.1. The van der Waals surface area contributed by atoms with E-state index < -0.39 is 12.8 Å². The molecule has 108 valence electrons. The second-order valence-electron chi connectivity index (χ2n) is 4.61. The van der Waals surface area contributed by atoms with Crippen molar-refractivity contribution in [2.75, 3.05) is 11.0 Å².